The lowest BCUT2D eigenvalue weighted by Gasteiger charge is -2.23. The van der Waals surface area contributed by atoms with Crippen LogP contribution < -0.4 is 5.32 Å². The molecule has 0 radical (unpaired) electrons. The van der Waals surface area contributed by atoms with Crippen LogP contribution in [0.3, 0.4) is 0 Å². The van der Waals surface area contributed by atoms with Gasteiger partial charge in [-0.1, -0.05) is 32.0 Å². The Bertz CT molecular complexity index is 423. The monoisotopic (exact) mass is 261 g/mol. The number of morpholine rings is 1. The van der Waals surface area contributed by atoms with Crippen LogP contribution in [-0.4, -0.2) is 31.6 Å². The second-order valence-corrected chi connectivity index (χ2v) is 5.65. The molecule has 1 aliphatic heterocycles. The van der Waals surface area contributed by atoms with Gasteiger partial charge in [-0.05, 0) is 24.0 Å². The predicted octanol–water partition coefficient (Wildman–Crippen LogP) is 2.45. The van der Waals surface area contributed by atoms with Crippen molar-refractivity contribution < 1.29 is 9.53 Å². The predicted molar refractivity (Wildman–Crippen MR) is 76.5 cm³/mol. The maximum atomic E-state index is 12.3. The van der Waals surface area contributed by atoms with Crippen molar-refractivity contribution in [3.8, 4) is 0 Å². The number of carbonyl (C=O) groups excluding carboxylic acids is 1. The maximum absolute atomic E-state index is 12.3. The Labute approximate surface area is 115 Å². The molecule has 0 spiro atoms. The number of nitrogens with one attached hydrogen (secondary N) is 1. The molecule has 1 unspecified atom stereocenters. The zero-order valence-corrected chi connectivity index (χ0v) is 11.8. The Morgan fingerprint density at radius 2 is 2.32 bits per heavy atom. The SMILES string of the molecule is CC(C)Cc1cccc(C(=O)CC2COCCN2)c1. The molecule has 0 aromatic heterocycles. The van der Waals surface area contributed by atoms with Gasteiger partial charge >= 0.3 is 0 Å². The topological polar surface area (TPSA) is 38.3 Å². The summed E-state index contributed by atoms with van der Waals surface area (Å²) in [7, 11) is 0. The lowest BCUT2D eigenvalue weighted by molar-refractivity contribution is 0.0676. The van der Waals surface area contributed by atoms with Gasteiger partial charge in [0.25, 0.3) is 0 Å². The highest BCUT2D eigenvalue weighted by atomic mass is 16.5. The van der Waals surface area contributed by atoms with Gasteiger partial charge in [-0.2, -0.15) is 0 Å². The summed E-state index contributed by atoms with van der Waals surface area (Å²) in [4.78, 5) is 12.3. The molecular formula is C16H23NO2. The molecule has 1 N–H and O–H groups in total. The van der Waals surface area contributed by atoms with Crippen LogP contribution >= 0.6 is 0 Å². The summed E-state index contributed by atoms with van der Waals surface area (Å²) in [6.07, 6.45) is 1.54. The first-order chi connectivity index (χ1) is 9.15. The Balaban J connectivity index is 1.97. The van der Waals surface area contributed by atoms with Crippen molar-refractivity contribution in [1.29, 1.82) is 0 Å². The number of Topliss-reactive ketones (excluding diaryl/α,β-unsaturated/α-hetero) is 1. The summed E-state index contributed by atoms with van der Waals surface area (Å²) in [6, 6.07) is 8.19. The molecule has 3 nitrogen and oxygen atoms in total. The van der Waals surface area contributed by atoms with E-state index in [0.29, 0.717) is 18.9 Å². The van der Waals surface area contributed by atoms with Gasteiger partial charge < -0.3 is 10.1 Å². The molecule has 0 saturated carbocycles. The third kappa shape index (κ3) is 4.44. The molecule has 1 atom stereocenters. The van der Waals surface area contributed by atoms with E-state index in [1.165, 1.54) is 5.56 Å². The Hall–Kier alpha value is -1.19. The molecule has 1 heterocycles. The van der Waals surface area contributed by atoms with Crippen LogP contribution in [0.15, 0.2) is 24.3 Å². The van der Waals surface area contributed by atoms with Gasteiger partial charge in [0.1, 0.15) is 0 Å². The van der Waals surface area contributed by atoms with E-state index < -0.39 is 0 Å². The summed E-state index contributed by atoms with van der Waals surface area (Å²) >= 11 is 0. The van der Waals surface area contributed by atoms with Crippen molar-refractivity contribution in [2.45, 2.75) is 32.7 Å². The first kappa shape index (κ1) is 14.2. The van der Waals surface area contributed by atoms with E-state index in [1.54, 1.807) is 0 Å². The minimum Gasteiger partial charge on any atom is -0.378 e. The second kappa shape index (κ2) is 6.83. The molecule has 1 fully saturated rings. The van der Waals surface area contributed by atoms with Gasteiger partial charge in [0.2, 0.25) is 0 Å². The van der Waals surface area contributed by atoms with Gasteiger partial charge in [-0.15, -0.1) is 0 Å². The maximum Gasteiger partial charge on any atom is 0.164 e. The summed E-state index contributed by atoms with van der Waals surface area (Å²) in [5.74, 6) is 0.812. The summed E-state index contributed by atoms with van der Waals surface area (Å²) < 4.78 is 5.38. The summed E-state index contributed by atoms with van der Waals surface area (Å²) in [6.45, 7) is 6.60. The van der Waals surface area contributed by atoms with E-state index in [2.05, 4.69) is 25.2 Å². The Morgan fingerprint density at radius 1 is 1.47 bits per heavy atom. The van der Waals surface area contributed by atoms with Crippen LogP contribution in [0.4, 0.5) is 0 Å². The van der Waals surface area contributed by atoms with E-state index in [1.807, 2.05) is 18.2 Å². The second-order valence-electron chi connectivity index (χ2n) is 5.65. The van der Waals surface area contributed by atoms with Crippen molar-refractivity contribution in [2.24, 2.45) is 5.92 Å². The summed E-state index contributed by atoms with van der Waals surface area (Å²) in [5.41, 5.74) is 2.07. The largest absolute Gasteiger partial charge is 0.378 e. The minimum atomic E-state index is 0.162. The number of ether oxygens (including phenoxy) is 1. The van der Waals surface area contributed by atoms with Crippen molar-refractivity contribution in [3.05, 3.63) is 35.4 Å². The molecule has 1 saturated heterocycles. The molecule has 1 aromatic rings. The number of carbonyl (C=O) groups is 1. The highest BCUT2D eigenvalue weighted by Gasteiger charge is 2.18. The minimum absolute atomic E-state index is 0.162. The first-order valence-corrected chi connectivity index (χ1v) is 7.08. The van der Waals surface area contributed by atoms with Gasteiger partial charge in [-0.3, -0.25) is 4.79 Å². The molecule has 0 amide bonds. The van der Waals surface area contributed by atoms with Crippen molar-refractivity contribution >= 4 is 5.78 Å². The van der Waals surface area contributed by atoms with E-state index in [4.69, 9.17) is 4.74 Å². The molecule has 19 heavy (non-hydrogen) atoms. The van der Waals surface area contributed by atoms with Crippen LogP contribution in [0.5, 0.6) is 0 Å². The van der Waals surface area contributed by atoms with Crippen LogP contribution in [0.25, 0.3) is 0 Å². The smallest absolute Gasteiger partial charge is 0.164 e. The number of benzene rings is 1. The lowest BCUT2D eigenvalue weighted by Crippen LogP contribution is -2.42. The standard InChI is InChI=1S/C16H23NO2/c1-12(2)8-13-4-3-5-14(9-13)16(18)10-15-11-19-7-6-17-15/h3-5,9,12,15,17H,6-8,10-11H2,1-2H3. The van der Waals surface area contributed by atoms with Gasteiger partial charge in [0.05, 0.1) is 13.2 Å². The average molecular weight is 261 g/mol. The average Bonchev–Trinajstić information content (AvgIpc) is 2.39. The third-order valence-electron chi connectivity index (χ3n) is 3.32. The van der Waals surface area contributed by atoms with Gasteiger partial charge in [0.15, 0.2) is 5.78 Å². The van der Waals surface area contributed by atoms with Crippen LogP contribution in [-0.2, 0) is 11.2 Å². The van der Waals surface area contributed by atoms with Crippen LogP contribution in [0, 0.1) is 5.92 Å². The third-order valence-corrected chi connectivity index (χ3v) is 3.32. The highest BCUT2D eigenvalue weighted by molar-refractivity contribution is 5.96. The van der Waals surface area contributed by atoms with E-state index in [-0.39, 0.29) is 11.8 Å². The first-order valence-electron chi connectivity index (χ1n) is 7.08. The Morgan fingerprint density at radius 3 is 3.00 bits per heavy atom. The Kier molecular flexibility index (Phi) is 5.11. The molecule has 0 aliphatic carbocycles. The molecule has 3 heteroatoms. The molecular weight excluding hydrogens is 238 g/mol. The fourth-order valence-electron chi connectivity index (χ4n) is 2.44. The highest BCUT2D eigenvalue weighted by Crippen LogP contribution is 2.13. The van der Waals surface area contributed by atoms with E-state index in [0.717, 1.165) is 25.1 Å². The van der Waals surface area contributed by atoms with Crippen LogP contribution in [0.2, 0.25) is 0 Å². The fraction of sp³-hybridized carbons (Fsp3) is 0.562. The van der Waals surface area contributed by atoms with E-state index in [9.17, 15) is 4.79 Å². The number of ketones is 1. The van der Waals surface area contributed by atoms with Crippen molar-refractivity contribution in [3.63, 3.8) is 0 Å². The number of hydrogen-bond acceptors (Lipinski definition) is 3. The number of hydrogen-bond donors (Lipinski definition) is 1. The van der Waals surface area contributed by atoms with Gasteiger partial charge in [0, 0.05) is 24.6 Å². The van der Waals surface area contributed by atoms with Crippen molar-refractivity contribution in [1.82, 2.24) is 5.32 Å². The molecule has 1 aromatic carbocycles. The number of rotatable bonds is 5. The molecule has 104 valence electrons. The van der Waals surface area contributed by atoms with Gasteiger partial charge in [-0.25, -0.2) is 0 Å². The zero-order valence-electron chi connectivity index (χ0n) is 11.8. The lowest BCUT2D eigenvalue weighted by atomic mass is 9.97. The quantitative estimate of drug-likeness (QED) is 0.827. The normalized spacial score (nSPS) is 19.6. The molecule has 0 bridgehead atoms. The molecule has 1 aliphatic rings. The fourth-order valence-corrected chi connectivity index (χ4v) is 2.44. The zero-order chi connectivity index (χ0) is 13.7. The summed E-state index contributed by atoms with van der Waals surface area (Å²) in [5, 5.41) is 3.32. The van der Waals surface area contributed by atoms with Crippen LogP contribution in [0.1, 0.15) is 36.2 Å². The van der Waals surface area contributed by atoms with Crippen molar-refractivity contribution in [2.75, 3.05) is 19.8 Å². The van der Waals surface area contributed by atoms with E-state index >= 15 is 0 Å². The molecule has 2 rings (SSSR count).